The van der Waals surface area contributed by atoms with Crippen LogP contribution in [0, 0.1) is 28.6 Å². The molecule has 124 valence electrons. The molecule has 7 heteroatoms. The lowest BCUT2D eigenvalue weighted by atomic mass is 10.1. The molecule has 1 unspecified atom stereocenters. The molecule has 0 aliphatic carbocycles. The Morgan fingerprint density at radius 1 is 1.28 bits per heavy atom. The lowest BCUT2D eigenvalue weighted by molar-refractivity contribution is 0.499. The second-order valence-electron chi connectivity index (χ2n) is 5.56. The highest BCUT2D eigenvalue weighted by Crippen LogP contribution is 2.31. The standard InChI is InChI=1S/C18H13ClN4OS/c19-14-5-3-13(4-6-14)16-8-15-17(25-16)18(24)23(11-22-15)10-12(9-21)2-1-7-20/h3-6,8,11-12H,1-2,10H2. The zero-order valence-electron chi connectivity index (χ0n) is 13.1. The van der Waals surface area contributed by atoms with Gasteiger partial charge in [-0.3, -0.25) is 9.36 Å². The summed E-state index contributed by atoms with van der Waals surface area (Å²) >= 11 is 7.29. The van der Waals surface area contributed by atoms with Crippen molar-refractivity contribution in [3.8, 4) is 22.6 Å². The van der Waals surface area contributed by atoms with Crippen molar-refractivity contribution in [1.82, 2.24) is 9.55 Å². The topological polar surface area (TPSA) is 82.5 Å². The summed E-state index contributed by atoms with van der Waals surface area (Å²) < 4.78 is 2.01. The van der Waals surface area contributed by atoms with Crippen LogP contribution in [-0.2, 0) is 6.54 Å². The third-order valence-electron chi connectivity index (χ3n) is 3.84. The Hall–Kier alpha value is -2.67. The number of rotatable bonds is 5. The number of hydrogen-bond acceptors (Lipinski definition) is 5. The van der Waals surface area contributed by atoms with Crippen LogP contribution in [0.2, 0.25) is 5.02 Å². The molecule has 0 saturated heterocycles. The number of thiophene rings is 1. The first-order chi connectivity index (χ1) is 12.1. The molecule has 3 aromatic rings. The van der Waals surface area contributed by atoms with E-state index in [9.17, 15) is 10.1 Å². The van der Waals surface area contributed by atoms with E-state index in [1.165, 1.54) is 22.2 Å². The second kappa shape index (κ2) is 7.48. The highest BCUT2D eigenvalue weighted by molar-refractivity contribution is 7.22. The molecule has 0 radical (unpaired) electrons. The zero-order chi connectivity index (χ0) is 17.8. The van der Waals surface area contributed by atoms with Crippen LogP contribution in [0.25, 0.3) is 20.7 Å². The quantitative estimate of drug-likeness (QED) is 0.674. The third kappa shape index (κ3) is 3.71. The average molecular weight is 369 g/mol. The highest BCUT2D eigenvalue weighted by atomic mass is 35.5. The maximum Gasteiger partial charge on any atom is 0.271 e. The van der Waals surface area contributed by atoms with Gasteiger partial charge in [0.25, 0.3) is 5.56 Å². The number of aromatic nitrogens is 2. The number of nitriles is 2. The summed E-state index contributed by atoms with van der Waals surface area (Å²) in [4.78, 5) is 18.0. The van der Waals surface area contributed by atoms with E-state index in [4.69, 9.17) is 16.9 Å². The van der Waals surface area contributed by atoms with Crippen LogP contribution in [0.3, 0.4) is 0 Å². The monoisotopic (exact) mass is 368 g/mol. The fourth-order valence-electron chi connectivity index (χ4n) is 2.50. The van der Waals surface area contributed by atoms with Crippen molar-refractivity contribution in [2.45, 2.75) is 19.4 Å². The fraction of sp³-hybridized carbons (Fsp3) is 0.222. The van der Waals surface area contributed by atoms with Gasteiger partial charge in [-0.1, -0.05) is 23.7 Å². The molecule has 0 aliphatic rings. The van der Waals surface area contributed by atoms with Crippen molar-refractivity contribution in [3.05, 3.63) is 52.0 Å². The lowest BCUT2D eigenvalue weighted by Crippen LogP contribution is -2.23. The van der Waals surface area contributed by atoms with Crippen molar-refractivity contribution in [2.75, 3.05) is 0 Å². The maximum atomic E-state index is 12.7. The molecule has 0 spiro atoms. The van der Waals surface area contributed by atoms with Gasteiger partial charge in [0.2, 0.25) is 0 Å². The lowest BCUT2D eigenvalue weighted by Gasteiger charge is -2.08. The Morgan fingerprint density at radius 2 is 2.04 bits per heavy atom. The Kier molecular flexibility index (Phi) is 5.14. The van der Waals surface area contributed by atoms with Gasteiger partial charge < -0.3 is 0 Å². The Balaban J connectivity index is 1.95. The van der Waals surface area contributed by atoms with Gasteiger partial charge in [0.15, 0.2) is 0 Å². The number of hydrogen-bond donors (Lipinski definition) is 0. The molecule has 0 bridgehead atoms. The summed E-state index contributed by atoms with van der Waals surface area (Å²) in [5.74, 6) is -0.382. The van der Waals surface area contributed by atoms with Gasteiger partial charge in [0, 0.05) is 22.9 Å². The predicted octanol–water partition coefficient (Wildman–Crippen LogP) is 4.22. The Morgan fingerprint density at radius 3 is 2.72 bits per heavy atom. The van der Waals surface area contributed by atoms with E-state index >= 15 is 0 Å². The summed E-state index contributed by atoms with van der Waals surface area (Å²) in [6, 6.07) is 13.5. The molecule has 0 fully saturated rings. The normalized spacial score (nSPS) is 11.8. The minimum Gasteiger partial charge on any atom is -0.297 e. The molecule has 2 heterocycles. The largest absolute Gasteiger partial charge is 0.297 e. The maximum absolute atomic E-state index is 12.7. The first-order valence-electron chi connectivity index (χ1n) is 7.64. The van der Waals surface area contributed by atoms with Crippen molar-refractivity contribution in [3.63, 3.8) is 0 Å². The summed E-state index contributed by atoms with van der Waals surface area (Å²) in [6.45, 7) is 0.244. The first-order valence-corrected chi connectivity index (χ1v) is 8.83. The summed E-state index contributed by atoms with van der Waals surface area (Å²) in [7, 11) is 0. The number of fused-ring (bicyclic) bond motifs is 1. The van der Waals surface area contributed by atoms with Crippen LogP contribution in [0.5, 0.6) is 0 Å². The fourth-order valence-corrected chi connectivity index (χ4v) is 3.70. The van der Waals surface area contributed by atoms with Gasteiger partial charge in [-0.2, -0.15) is 10.5 Å². The third-order valence-corrected chi connectivity index (χ3v) is 5.25. The van der Waals surface area contributed by atoms with Crippen molar-refractivity contribution in [2.24, 2.45) is 5.92 Å². The van der Waals surface area contributed by atoms with E-state index in [0.717, 1.165) is 10.4 Å². The van der Waals surface area contributed by atoms with E-state index in [1.54, 1.807) is 12.1 Å². The minimum atomic E-state index is -0.382. The van der Waals surface area contributed by atoms with E-state index in [0.29, 0.717) is 28.1 Å². The highest BCUT2D eigenvalue weighted by Gasteiger charge is 2.14. The molecule has 0 N–H and O–H groups in total. The molecular weight excluding hydrogens is 356 g/mol. The summed E-state index contributed by atoms with van der Waals surface area (Å²) in [5, 5.41) is 18.5. The van der Waals surface area contributed by atoms with Crippen LogP contribution in [0.15, 0.2) is 41.5 Å². The molecular formula is C18H13ClN4OS. The van der Waals surface area contributed by atoms with Crippen LogP contribution in [0.1, 0.15) is 12.8 Å². The van der Waals surface area contributed by atoms with Gasteiger partial charge in [-0.15, -0.1) is 11.3 Å². The molecule has 0 saturated carbocycles. The molecule has 0 amide bonds. The molecule has 25 heavy (non-hydrogen) atoms. The van der Waals surface area contributed by atoms with Gasteiger partial charge >= 0.3 is 0 Å². The summed E-state index contributed by atoms with van der Waals surface area (Å²) in [5.41, 5.74) is 1.46. The molecule has 1 atom stereocenters. The number of benzene rings is 1. The van der Waals surface area contributed by atoms with Crippen molar-refractivity contribution < 1.29 is 0 Å². The smallest absolute Gasteiger partial charge is 0.271 e. The number of nitrogens with zero attached hydrogens (tertiary/aromatic N) is 4. The van der Waals surface area contributed by atoms with Crippen LogP contribution < -0.4 is 5.56 Å². The molecule has 2 aromatic heterocycles. The second-order valence-corrected chi connectivity index (χ2v) is 7.05. The van der Waals surface area contributed by atoms with E-state index in [2.05, 4.69) is 11.1 Å². The Bertz CT molecular complexity index is 1040. The van der Waals surface area contributed by atoms with Gasteiger partial charge in [-0.25, -0.2) is 4.98 Å². The van der Waals surface area contributed by atoms with Crippen molar-refractivity contribution >= 4 is 33.2 Å². The number of halogens is 1. The van der Waals surface area contributed by atoms with Gasteiger partial charge in [-0.05, 0) is 30.2 Å². The predicted molar refractivity (Wildman–Crippen MR) is 98.3 cm³/mol. The van der Waals surface area contributed by atoms with Crippen molar-refractivity contribution in [1.29, 1.82) is 10.5 Å². The average Bonchev–Trinajstić information content (AvgIpc) is 3.06. The van der Waals surface area contributed by atoms with Crippen LogP contribution in [-0.4, -0.2) is 9.55 Å². The van der Waals surface area contributed by atoms with E-state index < -0.39 is 0 Å². The molecule has 0 aliphatic heterocycles. The minimum absolute atomic E-state index is 0.160. The molecule has 5 nitrogen and oxygen atoms in total. The van der Waals surface area contributed by atoms with Crippen LogP contribution >= 0.6 is 22.9 Å². The molecule has 3 rings (SSSR count). The van der Waals surface area contributed by atoms with Gasteiger partial charge in [0.1, 0.15) is 4.70 Å². The summed E-state index contributed by atoms with van der Waals surface area (Å²) in [6.07, 6.45) is 2.21. The zero-order valence-corrected chi connectivity index (χ0v) is 14.7. The van der Waals surface area contributed by atoms with E-state index in [-0.39, 0.29) is 18.0 Å². The first kappa shape index (κ1) is 17.2. The SMILES string of the molecule is N#CCCC(C#N)Cn1cnc2cc(-c3ccc(Cl)cc3)sc2c1=O. The van der Waals surface area contributed by atoms with Gasteiger partial charge in [0.05, 0.1) is 29.9 Å². The molecule has 1 aromatic carbocycles. The Labute approximate surface area is 153 Å². The van der Waals surface area contributed by atoms with Crippen LogP contribution in [0.4, 0.5) is 0 Å². The van der Waals surface area contributed by atoms with E-state index in [1.807, 2.05) is 24.3 Å².